The molecule has 0 saturated carbocycles. The molecule has 1 atom stereocenters. The van der Waals surface area contributed by atoms with Crippen molar-refractivity contribution in [3.63, 3.8) is 0 Å². The molecule has 1 aromatic rings. The number of nitrogens with zero attached hydrogens (tertiary/aromatic N) is 1. The van der Waals surface area contributed by atoms with E-state index in [1.165, 1.54) is 11.8 Å². The molecule has 1 aliphatic heterocycles. The number of alkyl halides is 1. The molecule has 0 saturated heterocycles. The number of anilines is 1. The molecule has 2 rings (SSSR count). The van der Waals surface area contributed by atoms with Crippen molar-refractivity contribution in [1.29, 1.82) is 0 Å². The Morgan fingerprint density at radius 1 is 1.47 bits per heavy atom. The Balaban J connectivity index is 2.35. The maximum atomic E-state index is 12.2. The Hall–Kier alpha value is -0.930. The number of hydrogen-bond acceptors (Lipinski definition) is 2. The number of hydrogen-bond donors (Lipinski definition) is 0. The lowest BCUT2D eigenvalue weighted by Gasteiger charge is -2.24. The quantitative estimate of drug-likeness (QED) is 0.766. The first kappa shape index (κ1) is 12.5. The third-order valence-corrected chi connectivity index (χ3v) is 4.05. The van der Waals surface area contributed by atoms with Crippen LogP contribution in [-0.4, -0.2) is 23.4 Å². The van der Waals surface area contributed by atoms with Crippen molar-refractivity contribution in [2.24, 2.45) is 0 Å². The molecule has 1 unspecified atom stereocenters. The molecular weight excluding hydrogens is 254 g/mol. The van der Waals surface area contributed by atoms with E-state index in [2.05, 4.69) is 12.2 Å². The van der Waals surface area contributed by atoms with Crippen molar-refractivity contribution < 1.29 is 4.79 Å². The van der Waals surface area contributed by atoms with Gasteiger partial charge in [0.05, 0.1) is 5.69 Å². The number of carbonyl (C=O) groups excluding carboxylic acids is 1. The van der Waals surface area contributed by atoms with Crippen LogP contribution in [0.4, 0.5) is 5.69 Å². The zero-order valence-electron chi connectivity index (χ0n) is 9.60. The van der Waals surface area contributed by atoms with Gasteiger partial charge in [0.25, 0.3) is 5.91 Å². The summed E-state index contributed by atoms with van der Waals surface area (Å²) in [5, 5.41) is 0. The summed E-state index contributed by atoms with van der Waals surface area (Å²) in [7, 11) is 0. The van der Waals surface area contributed by atoms with Gasteiger partial charge in [-0.3, -0.25) is 4.79 Å². The first-order valence-corrected chi connectivity index (χ1v) is 7.20. The Morgan fingerprint density at radius 3 is 3.00 bits per heavy atom. The minimum atomic E-state index is -0.513. The Bertz CT molecular complexity index is 447. The van der Waals surface area contributed by atoms with Gasteiger partial charge in [-0.1, -0.05) is 30.4 Å². The summed E-state index contributed by atoms with van der Waals surface area (Å²) in [6, 6.07) is 7.90. The molecule has 0 aliphatic carbocycles. The molecule has 1 aromatic carbocycles. The number of fused-ring (bicyclic) bond motifs is 1. The highest BCUT2D eigenvalue weighted by Crippen LogP contribution is 2.27. The number of rotatable bonds is 2. The van der Waals surface area contributed by atoms with Gasteiger partial charge >= 0.3 is 0 Å². The van der Waals surface area contributed by atoms with E-state index in [0.29, 0.717) is 6.54 Å². The van der Waals surface area contributed by atoms with E-state index in [1.54, 1.807) is 4.90 Å². The predicted octanol–water partition coefficient (Wildman–Crippen LogP) is 3.36. The summed E-state index contributed by atoms with van der Waals surface area (Å²) in [4.78, 5) is 14.0. The summed E-state index contributed by atoms with van der Waals surface area (Å²) in [6.07, 6.45) is 6.86. The largest absolute Gasteiger partial charge is 0.309 e. The van der Waals surface area contributed by atoms with E-state index >= 15 is 0 Å². The second-order valence-corrected chi connectivity index (χ2v) is 5.43. The van der Waals surface area contributed by atoms with Crippen LogP contribution in [0.2, 0.25) is 0 Å². The molecule has 1 aliphatic rings. The zero-order valence-corrected chi connectivity index (χ0v) is 11.2. The number of carbonyl (C=O) groups is 1. The van der Waals surface area contributed by atoms with E-state index in [-0.39, 0.29) is 5.91 Å². The monoisotopic (exact) mass is 267 g/mol. The minimum absolute atomic E-state index is 0.0321. The molecular formula is C13H14ClNOS. The summed E-state index contributed by atoms with van der Waals surface area (Å²) in [6.45, 7) is 0.691. The molecule has 17 heavy (non-hydrogen) atoms. The summed E-state index contributed by atoms with van der Waals surface area (Å²) >= 11 is 7.38. The van der Waals surface area contributed by atoms with E-state index in [0.717, 1.165) is 17.7 Å². The molecule has 90 valence electrons. The van der Waals surface area contributed by atoms with Crippen LogP contribution in [-0.2, 0) is 4.79 Å². The van der Waals surface area contributed by atoms with E-state index < -0.39 is 4.71 Å². The van der Waals surface area contributed by atoms with Gasteiger partial charge in [0.15, 0.2) is 4.71 Å². The van der Waals surface area contributed by atoms with Crippen molar-refractivity contribution >= 4 is 41.0 Å². The number of para-hydroxylation sites is 1. The van der Waals surface area contributed by atoms with Gasteiger partial charge in [0.2, 0.25) is 0 Å². The number of benzene rings is 1. The van der Waals surface area contributed by atoms with Crippen molar-refractivity contribution in [3.8, 4) is 0 Å². The molecule has 0 spiro atoms. The summed E-state index contributed by atoms with van der Waals surface area (Å²) < 4.78 is -0.513. The van der Waals surface area contributed by atoms with Gasteiger partial charge in [-0.15, -0.1) is 23.4 Å². The highest BCUT2D eigenvalue weighted by molar-refractivity contribution is 8.01. The van der Waals surface area contributed by atoms with Gasteiger partial charge in [0, 0.05) is 6.54 Å². The Morgan fingerprint density at radius 2 is 2.24 bits per heavy atom. The lowest BCUT2D eigenvalue weighted by atomic mass is 10.1. The number of halogens is 1. The second kappa shape index (κ2) is 5.61. The van der Waals surface area contributed by atoms with Crippen LogP contribution < -0.4 is 4.90 Å². The smallest absolute Gasteiger partial charge is 0.255 e. The third kappa shape index (κ3) is 2.67. The fourth-order valence-corrected chi connectivity index (χ4v) is 2.31. The fourth-order valence-electron chi connectivity index (χ4n) is 1.86. The first-order valence-electron chi connectivity index (χ1n) is 5.48. The van der Waals surface area contributed by atoms with Crippen LogP contribution in [0.25, 0.3) is 6.08 Å². The standard InChI is InChI=1S/C13H14ClNOS/c1-17-12(14)13(16)15-9-5-4-7-10-6-2-3-8-11(10)15/h2-4,6-8,12H,5,9H2,1H3. The van der Waals surface area contributed by atoms with Crippen LogP contribution in [0.1, 0.15) is 12.0 Å². The summed E-state index contributed by atoms with van der Waals surface area (Å²) in [5.41, 5.74) is 2.02. The lowest BCUT2D eigenvalue weighted by molar-refractivity contribution is -0.116. The third-order valence-electron chi connectivity index (χ3n) is 2.71. The van der Waals surface area contributed by atoms with E-state index in [4.69, 9.17) is 11.6 Å². The fraction of sp³-hybridized carbons (Fsp3) is 0.308. The normalized spacial score (nSPS) is 16.2. The lowest BCUT2D eigenvalue weighted by Crippen LogP contribution is -2.36. The van der Waals surface area contributed by atoms with Crippen LogP contribution >= 0.6 is 23.4 Å². The molecule has 4 heteroatoms. The molecule has 0 bridgehead atoms. The average molecular weight is 268 g/mol. The van der Waals surface area contributed by atoms with Crippen molar-refractivity contribution in [2.75, 3.05) is 17.7 Å². The van der Waals surface area contributed by atoms with Crippen molar-refractivity contribution in [2.45, 2.75) is 11.1 Å². The van der Waals surface area contributed by atoms with Crippen molar-refractivity contribution in [3.05, 3.63) is 35.9 Å². The molecule has 0 aromatic heterocycles. The molecule has 1 heterocycles. The van der Waals surface area contributed by atoms with Crippen LogP contribution in [0.3, 0.4) is 0 Å². The number of amides is 1. The minimum Gasteiger partial charge on any atom is -0.309 e. The highest BCUT2D eigenvalue weighted by atomic mass is 35.5. The van der Waals surface area contributed by atoms with Gasteiger partial charge in [-0.25, -0.2) is 0 Å². The highest BCUT2D eigenvalue weighted by Gasteiger charge is 2.24. The van der Waals surface area contributed by atoms with Crippen LogP contribution in [0, 0.1) is 0 Å². The molecule has 0 fully saturated rings. The molecule has 0 radical (unpaired) electrons. The zero-order chi connectivity index (χ0) is 12.3. The maximum Gasteiger partial charge on any atom is 0.255 e. The van der Waals surface area contributed by atoms with Gasteiger partial charge < -0.3 is 4.90 Å². The van der Waals surface area contributed by atoms with Crippen LogP contribution in [0.15, 0.2) is 30.3 Å². The van der Waals surface area contributed by atoms with Gasteiger partial charge in [-0.05, 0) is 24.3 Å². The maximum absolute atomic E-state index is 12.2. The molecule has 2 nitrogen and oxygen atoms in total. The Labute approximate surface area is 111 Å². The van der Waals surface area contributed by atoms with Crippen molar-refractivity contribution in [1.82, 2.24) is 0 Å². The van der Waals surface area contributed by atoms with E-state index in [1.807, 2.05) is 30.5 Å². The van der Waals surface area contributed by atoms with Gasteiger partial charge in [0.1, 0.15) is 0 Å². The van der Waals surface area contributed by atoms with Gasteiger partial charge in [-0.2, -0.15) is 0 Å². The van der Waals surface area contributed by atoms with E-state index in [9.17, 15) is 4.79 Å². The number of thioether (sulfide) groups is 1. The second-order valence-electron chi connectivity index (χ2n) is 3.79. The predicted molar refractivity (Wildman–Crippen MR) is 75.6 cm³/mol. The molecule has 1 amide bonds. The average Bonchev–Trinajstić information content (AvgIpc) is 2.59. The van der Waals surface area contributed by atoms with Crippen LogP contribution in [0.5, 0.6) is 0 Å². The topological polar surface area (TPSA) is 20.3 Å². The first-order chi connectivity index (χ1) is 8.24. The molecule has 0 N–H and O–H groups in total. The Kier molecular flexibility index (Phi) is 4.13. The SMILES string of the molecule is CSC(Cl)C(=O)N1CCC=Cc2ccccc21. The summed E-state index contributed by atoms with van der Waals surface area (Å²) in [5.74, 6) is -0.0321.